The van der Waals surface area contributed by atoms with Crippen molar-refractivity contribution in [3.05, 3.63) is 95.3 Å². The number of carbonyl (C=O) groups excluding carboxylic acids is 1. The zero-order valence-electron chi connectivity index (χ0n) is 15.8. The second-order valence-electron chi connectivity index (χ2n) is 6.52. The molecular formula is C21H16F4N2O3S. The Bertz CT molecular complexity index is 1180. The van der Waals surface area contributed by atoms with Gasteiger partial charge in [0, 0.05) is 17.8 Å². The molecule has 10 heteroatoms. The van der Waals surface area contributed by atoms with Gasteiger partial charge in [-0.2, -0.15) is 13.2 Å². The summed E-state index contributed by atoms with van der Waals surface area (Å²) in [7, 11) is -3.93. The number of sulfonamides is 1. The van der Waals surface area contributed by atoms with Crippen LogP contribution in [0, 0.1) is 5.82 Å². The number of halogens is 4. The van der Waals surface area contributed by atoms with Gasteiger partial charge in [0.25, 0.3) is 15.9 Å². The van der Waals surface area contributed by atoms with Crippen molar-refractivity contribution in [2.75, 3.05) is 4.72 Å². The summed E-state index contributed by atoms with van der Waals surface area (Å²) in [4.78, 5) is 12.1. The predicted molar refractivity (Wildman–Crippen MR) is 106 cm³/mol. The molecule has 0 spiro atoms. The summed E-state index contributed by atoms with van der Waals surface area (Å²) >= 11 is 0. The first-order valence-corrected chi connectivity index (χ1v) is 10.4. The van der Waals surface area contributed by atoms with E-state index in [1.165, 1.54) is 36.4 Å². The van der Waals surface area contributed by atoms with E-state index < -0.39 is 33.5 Å². The van der Waals surface area contributed by atoms with Crippen LogP contribution in [-0.2, 0) is 22.7 Å². The first-order chi connectivity index (χ1) is 14.5. The number of hydrogen-bond donors (Lipinski definition) is 2. The number of amides is 1. The number of carbonyl (C=O) groups is 1. The van der Waals surface area contributed by atoms with Crippen molar-refractivity contribution in [3.8, 4) is 0 Å². The second kappa shape index (κ2) is 8.76. The quantitative estimate of drug-likeness (QED) is 0.538. The maximum Gasteiger partial charge on any atom is 0.416 e. The molecule has 0 aliphatic carbocycles. The maximum absolute atomic E-state index is 13.0. The number of anilines is 1. The number of benzene rings is 3. The molecule has 1 amide bonds. The van der Waals surface area contributed by atoms with Crippen molar-refractivity contribution < 1.29 is 30.8 Å². The van der Waals surface area contributed by atoms with Gasteiger partial charge in [-0.15, -0.1) is 0 Å². The van der Waals surface area contributed by atoms with Gasteiger partial charge in [0.15, 0.2) is 0 Å². The van der Waals surface area contributed by atoms with Crippen LogP contribution in [0.15, 0.2) is 77.7 Å². The lowest BCUT2D eigenvalue weighted by Gasteiger charge is -2.11. The molecule has 2 N–H and O–H groups in total. The summed E-state index contributed by atoms with van der Waals surface area (Å²) in [6.45, 7) is -0.109. The van der Waals surface area contributed by atoms with E-state index in [-0.39, 0.29) is 28.3 Å². The minimum absolute atomic E-state index is 0.109. The molecule has 31 heavy (non-hydrogen) atoms. The Balaban J connectivity index is 1.63. The minimum atomic E-state index is -4.48. The largest absolute Gasteiger partial charge is 0.416 e. The van der Waals surface area contributed by atoms with Crippen LogP contribution < -0.4 is 10.0 Å². The van der Waals surface area contributed by atoms with Crippen molar-refractivity contribution in [1.82, 2.24) is 5.32 Å². The molecule has 0 aliphatic heterocycles. The molecule has 3 aromatic rings. The monoisotopic (exact) mass is 452 g/mol. The van der Waals surface area contributed by atoms with Crippen molar-refractivity contribution in [2.45, 2.75) is 17.6 Å². The summed E-state index contributed by atoms with van der Waals surface area (Å²) in [5.41, 5.74) is -0.153. The number of rotatable bonds is 6. The number of nitrogens with one attached hydrogen (secondary N) is 2. The first kappa shape index (κ1) is 22.3. The third-order valence-corrected chi connectivity index (χ3v) is 5.63. The first-order valence-electron chi connectivity index (χ1n) is 8.87. The predicted octanol–water partition coefficient (Wildman–Crippen LogP) is 4.58. The van der Waals surface area contributed by atoms with Crippen LogP contribution in [-0.4, -0.2) is 14.3 Å². The second-order valence-corrected chi connectivity index (χ2v) is 8.20. The van der Waals surface area contributed by atoms with Gasteiger partial charge in [0.05, 0.1) is 10.5 Å². The summed E-state index contributed by atoms with van der Waals surface area (Å²) in [6, 6.07) is 14.3. The molecule has 3 rings (SSSR count). The highest BCUT2D eigenvalue weighted by Gasteiger charge is 2.30. The highest BCUT2D eigenvalue weighted by molar-refractivity contribution is 7.92. The fourth-order valence-electron chi connectivity index (χ4n) is 2.66. The lowest BCUT2D eigenvalue weighted by atomic mass is 10.1. The molecule has 0 atom stereocenters. The van der Waals surface area contributed by atoms with Gasteiger partial charge in [-0.3, -0.25) is 9.52 Å². The molecule has 0 heterocycles. The van der Waals surface area contributed by atoms with Gasteiger partial charge in [-0.1, -0.05) is 12.1 Å². The van der Waals surface area contributed by atoms with Crippen LogP contribution in [0.25, 0.3) is 0 Å². The number of alkyl halides is 3. The smallest absolute Gasteiger partial charge is 0.348 e. The topological polar surface area (TPSA) is 75.3 Å². The standard InChI is InChI=1S/C21H16F4N2O3S/c22-17-6-10-19(11-7-17)31(29,30)27-18-8-4-15(5-9-18)20(28)26-13-14-2-1-3-16(12-14)21(23,24)25/h1-12,27H,13H2,(H,26,28). The molecule has 0 unspecified atom stereocenters. The molecule has 5 nitrogen and oxygen atoms in total. The maximum atomic E-state index is 13.0. The van der Waals surface area contributed by atoms with Crippen molar-refractivity contribution >= 4 is 21.6 Å². The normalized spacial score (nSPS) is 11.7. The fourth-order valence-corrected chi connectivity index (χ4v) is 3.72. The minimum Gasteiger partial charge on any atom is -0.348 e. The summed E-state index contributed by atoms with van der Waals surface area (Å²) in [5.74, 6) is -1.11. The highest BCUT2D eigenvalue weighted by atomic mass is 32.2. The average molecular weight is 452 g/mol. The average Bonchev–Trinajstić information content (AvgIpc) is 2.72. The van der Waals surface area contributed by atoms with E-state index in [9.17, 15) is 30.8 Å². The van der Waals surface area contributed by atoms with Gasteiger partial charge in [-0.25, -0.2) is 12.8 Å². The van der Waals surface area contributed by atoms with Crippen molar-refractivity contribution in [3.63, 3.8) is 0 Å². The zero-order valence-corrected chi connectivity index (χ0v) is 16.6. The van der Waals surface area contributed by atoms with E-state index in [0.29, 0.717) is 0 Å². The Morgan fingerprint density at radius 1 is 0.903 bits per heavy atom. The van der Waals surface area contributed by atoms with E-state index in [4.69, 9.17) is 0 Å². The van der Waals surface area contributed by atoms with Crippen LogP contribution in [0.2, 0.25) is 0 Å². The van der Waals surface area contributed by atoms with Crippen LogP contribution in [0.4, 0.5) is 23.2 Å². The molecule has 0 saturated carbocycles. The van der Waals surface area contributed by atoms with E-state index in [2.05, 4.69) is 10.0 Å². The van der Waals surface area contributed by atoms with Gasteiger partial charge in [-0.05, 0) is 66.2 Å². The Morgan fingerprint density at radius 3 is 2.16 bits per heavy atom. The summed E-state index contributed by atoms with van der Waals surface area (Å²) in [6.07, 6.45) is -4.48. The van der Waals surface area contributed by atoms with Crippen LogP contribution in [0.5, 0.6) is 0 Å². The fraction of sp³-hybridized carbons (Fsp3) is 0.0952. The van der Waals surface area contributed by atoms with Crippen LogP contribution in [0.3, 0.4) is 0 Å². The highest BCUT2D eigenvalue weighted by Crippen LogP contribution is 2.29. The summed E-state index contributed by atoms with van der Waals surface area (Å²) in [5, 5.41) is 2.51. The van der Waals surface area contributed by atoms with Gasteiger partial charge in [0.1, 0.15) is 5.82 Å². The SMILES string of the molecule is O=C(NCc1cccc(C(F)(F)F)c1)c1ccc(NS(=O)(=O)c2ccc(F)cc2)cc1. The van der Waals surface area contributed by atoms with Gasteiger partial charge in [0.2, 0.25) is 0 Å². The molecule has 0 bridgehead atoms. The van der Waals surface area contributed by atoms with E-state index in [1.54, 1.807) is 0 Å². The molecule has 0 fully saturated rings. The molecular weight excluding hydrogens is 436 g/mol. The third-order valence-electron chi connectivity index (χ3n) is 4.23. The Hall–Kier alpha value is -3.40. The van der Waals surface area contributed by atoms with E-state index >= 15 is 0 Å². The van der Waals surface area contributed by atoms with Crippen LogP contribution >= 0.6 is 0 Å². The molecule has 162 valence electrons. The molecule has 0 saturated heterocycles. The summed E-state index contributed by atoms with van der Waals surface area (Å²) < 4.78 is 78.1. The van der Waals surface area contributed by atoms with Crippen molar-refractivity contribution in [1.29, 1.82) is 0 Å². The lowest BCUT2D eigenvalue weighted by molar-refractivity contribution is -0.137. The van der Waals surface area contributed by atoms with Gasteiger partial charge >= 0.3 is 6.18 Å². The molecule has 0 radical (unpaired) electrons. The molecule has 3 aromatic carbocycles. The van der Waals surface area contributed by atoms with E-state index in [0.717, 1.165) is 36.4 Å². The Labute approximate surface area is 175 Å². The number of hydrogen-bond acceptors (Lipinski definition) is 3. The van der Waals surface area contributed by atoms with Crippen molar-refractivity contribution in [2.24, 2.45) is 0 Å². The Kier molecular flexibility index (Phi) is 6.30. The zero-order chi connectivity index (χ0) is 22.6. The molecule has 0 aromatic heterocycles. The van der Waals surface area contributed by atoms with Gasteiger partial charge < -0.3 is 5.32 Å². The lowest BCUT2D eigenvalue weighted by Crippen LogP contribution is -2.23. The van der Waals surface area contributed by atoms with E-state index in [1.807, 2.05) is 0 Å². The third kappa shape index (κ3) is 5.82. The van der Waals surface area contributed by atoms with Crippen LogP contribution in [0.1, 0.15) is 21.5 Å². The Morgan fingerprint density at radius 2 is 1.55 bits per heavy atom. The molecule has 0 aliphatic rings.